The average molecular weight is 419 g/mol. The van der Waals surface area contributed by atoms with Crippen molar-refractivity contribution in [1.29, 1.82) is 0 Å². The molecule has 0 saturated heterocycles. The summed E-state index contributed by atoms with van der Waals surface area (Å²) in [6.45, 7) is 4.79. The summed E-state index contributed by atoms with van der Waals surface area (Å²) in [7, 11) is 2.21. The van der Waals surface area contributed by atoms with Gasteiger partial charge in [-0.05, 0) is 26.3 Å². The minimum atomic E-state index is -2.39. The fraction of sp³-hybridized carbons (Fsp3) is 0.429. The average Bonchev–Trinajstić information content (AvgIpc) is 3.10. The van der Waals surface area contributed by atoms with Crippen LogP contribution in [0.4, 0.5) is 0 Å². The Balaban J connectivity index is 2.88. The van der Waals surface area contributed by atoms with Crippen LogP contribution in [0, 0.1) is 6.92 Å². The molecule has 1 aromatic rings. The normalized spacial score (nSPS) is 17.3. The van der Waals surface area contributed by atoms with Gasteiger partial charge in [-0.1, -0.05) is 29.8 Å². The van der Waals surface area contributed by atoms with E-state index in [-0.39, 0.29) is 18.8 Å². The molecule has 0 saturated carbocycles. The zero-order valence-electron chi connectivity index (χ0n) is 17.6. The Kier molecular flexibility index (Phi) is 7.33. The second kappa shape index (κ2) is 9.53. The van der Waals surface area contributed by atoms with Gasteiger partial charge in [-0.2, -0.15) is 0 Å². The largest absolute Gasteiger partial charge is 0.466 e. The highest BCUT2D eigenvalue weighted by Gasteiger charge is 2.63. The molecule has 0 amide bonds. The summed E-state index contributed by atoms with van der Waals surface area (Å²) >= 11 is 0. The first-order valence-corrected chi connectivity index (χ1v) is 9.38. The van der Waals surface area contributed by atoms with Gasteiger partial charge in [0.05, 0.1) is 44.6 Å². The number of hydrogen-bond donors (Lipinski definition) is 1. The molecule has 0 fully saturated rings. The molecule has 30 heavy (non-hydrogen) atoms. The highest BCUT2D eigenvalue weighted by atomic mass is 16.6. The third-order valence-electron chi connectivity index (χ3n) is 4.63. The van der Waals surface area contributed by atoms with E-state index in [4.69, 9.17) is 18.9 Å². The fourth-order valence-corrected chi connectivity index (χ4v) is 3.39. The van der Waals surface area contributed by atoms with Crippen molar-refractivity contribution < 1.29 is 38.1 Å². The molecule has 0 spiro atoms. The van der Waals surface area contributed by atoms with Gasteiger partial charge in [0.1, 0.15) is 0 Å². The van der Waals surface area contributed by atoms with Crippen LogP contribution < -0.4 is 5.32 Å². The van der Waals surface area contributed by atoms with Crippen molar-refractivity contribution in [2.24, 2.45) is 0 Å². The minimum Gasteiger partial charge on any atom is -0.466 e. The van der Waals surface area contributed by atoms with Crippen LogP contribution in [0.15, 0.2) is 35.4 Å². The van der Waals surface area contributed by atoms with Gasteiger partial charge in [0.15, 0.2) is 0 Å². The van der Waals surface area contributed by atoms with Crippen LogP contribution in [0.5, 0.6) is 0 Å². The molecule has 1 aliphatic heterocycles. The molecule has 162 valence electrons. The van der Waals surface area contributed by atoms with Crippen LogP contribution in [0.25, 0.3) is 0 Å². The number of esters is 4. The van der Waals surface area contributed by atoms with E-state index in [2.05, 4.69) is 5.32 Å². The maximum absolute atomic E-state index is 13.0. The molecule has 1 aromatic carbocycles. The second-order valence-corrected chi connectivity index (χ2v) is 6.45. The zero-order chi connectivity index (χ0) is 22.5. The molecule has 9 heteroatoms. The lowest BCUT2D eigenvalue weighted by molar-refractivity contribution is -0.165. The first-order chi connectivity index (χ1) is 14.3. The molecule has 0 radical (unpaired) electrons. The number of hydrogen-bond acceptors (Lipinski definition) is 9. The molecule has 1 unspecified atom stereocenters. The van der Waals surface area contributed by atoms with E-state index in [9.17, 15) is 19.2 Å². The number of aryl methyl sites for hydroxylation is 1. The lowest BCUT2D eigenvalue weighted by Gasteiger charge is -2.28. The van der Waals surface area contributed by atoms with Crippen molar-refractivity contribution in [1.82, 2.24) is 5.32 Å². The highest BCUT2D eigenvalue weighted by Crippen LogP contribution is 2.41. The molecule has 0 bridgehead atoms. The van der Waals surface area contributed by atoms with Crippen molar-refractivity contribution in [3.8, 4) is 0 Å². The lowest BCUT2D eigenvalue weighted by atomic mass is 9.88. The Morgan fingerprint density at radius 1 is 0.967 bits per heavy atom. The van der Waals surface area contributed by atoms with Crippen LogP contribution >= 0.6 is 0 Å². The Hall–Kier alpha value is -3.20. The smallest absolute Gasteiger partial charge is 0.343 e. The maximum atomic E-state index is 13.0. The Bertz CT molecular complexity index is 871. The number of carbonyl (C=O) groups is 4. The van der Waals surface area contributed by atoms with Crippen molar-refractivity contribution in [3.05, 3.63) is 46.5 Å². The standard InChI is InChI=1S/C21H25NO8/c1-6-29-19(25)21(20(26)30-7-2)15(18(24)28-5)14(17(23)27-4)16(22-21)13-10-8-9-12(3)11-13/h8-11,16,22H,6-7H2,1-5H3. The third-order valence-corrected chi connectivity index (χ3v) is 4.63. The quantitative estimate of drug-likeness (QED) is 0.394. The molecule has 1 atom stereocenters. The van der Waals surface area contributed by atoms with Gasteiger partial charge in [-0.3, -0.25) is 5.32 Å². The van der Waals surface area contributed by atoms with E-state index < -0.39 is 41.0 Å². The topological polar surface area (TPSA) is 117 Å². The van der Waals surface area contributed by atoms with Gasteiger partial charge in [-0.25, -0.2) is 19.2 Å². The van der Waals surface area contributed by atoms with Gasteiger partial charge >= 0.3 is 23.9 Å². The summed E-state index contributed by atoms with van der Waals surface area (Å²) in [5, 5.41) is 2.82. The van der Waals surface area contributed by atoms with E-state index in [1.807, 2.05) is 13.0 Å². The summed E-state index contributed by atoms with van der Waals surface area (Å²) < 4.78 is 19.9. The molecule has 0 aliphatic carbocycles. The Morgan fingerprint density at radius 2 is 1.53 bits per heavy atom. The molecular formula is C21H25NO8. The van der Waals surface area contributed by atoms with Crippen LogP contribution in [0.1, 0.15) is 31.0 Å². The first-order valence-electron chi connectivity index (χ1n) is 9.38. The molecule has 1 N–H and O–H groups in total. The minimum absolute atomic E-state index is 0.0706. The summed E-state index contributed by atoms with van der Waals surface area (Å²) in [6, 6.07) is 6.00. The molecule has 2 rings (SSSR count). The number of nitrogens with one attached hydrogen (secondary N) is 1. The van der Waals surface area contributed by atoms with Gasteiger partial charge < -0.3 is 18.9 Å². The highest BCUT2D eigenvalue weighted by molar-refractivity contribution is 6.20. The van der Waals surface area contributed by atoms with Crippen molar-refractivity contribution in [2.75, 3.05) is 27.4 Å². The summed E-state index contributed by atoms with van der Waals surface area (Å²) in [5.74, 6) is -4.12. The molecule has 9 nitrogen and oxygen atoms in total. The van der Waals surface area contributed by atoms with Crippen LogP contribution in [-0.2, 0) is 38.1 Å². The van der Waals surface area contributed by atoms with Crippen molar-refractivity contribution >= 4 is 23.9 Å². The summed E-state index contributed by atoms with van der Waals surface area (Å²) in [6.07, 6.45) is 0. The van der Waals surface area contributed by atoms with Gasteiger partial charge in [0.25, 0.3) is 0 Å². The van der Waals surface area contributed by atoms with E-state index in [1.165, 1.54) is 0 Å². The zero-order valence-corrected chi connectivity index (χ0v) is 17.6. The van der Waals surface area contributed by atoms with E-state index in [0.29, 0.717) is 5.56 Å². The second-order valence-electron chi connectivity index (χ2n) is 6.45. The first kappa shape index (κ1) is 23.1. The van der Waals surface area contributed by atoms with Crippen molar-refractivity contribution in [3.63, 3.8) is 0 Å². The monoisotopic (exact) mass is 419 g/mol. The SMILES string of the molecule is CCOC(=O)C1(C(=O)OCC)NC(c2cccc(C)c2)C(C(=O)OC)=C1C(=O)OC. The van der Waals surface area contributed by atoms with E-state index >= 15 is 0 Å². The van der Waals surface area contributed by atoms with Crippen LogP contribution in [0.2, 0.25) is 0 Å². The van der Waals surface area contributed by atoms with Crippen LogP contribution in [-0.4, -0.2) is 56.8 Å². The van der Waals surface area contributed by atoms with Gasteiger partial charge in [0, 0.05) is 0 Å². The predicted octanol–water partition coefficient (Wildman–Crippen LogP) is 1.15. The third kappa shape index (κ3) is 3.93. The fourth-order valence-electron chi connectivity index (χ4n) is 3.39. The van der Waals surface area contributed by atoms with E-state index in [1.54, 1.807) is 32.0 Å². The number of ether oxygens (including phenoxy) is 4. The van der Waals surface area contributed by atoms with Crippen molar-refractivity contribution in [2.45, 2.75) is 32.4 Å². The number of methoxy groups -OCH3 is 2. The Labute approximate surface area is 174 Å². The Morgan fingerprint density at radius 3 is 2.00 bits per heavy atom. The molecule has 1 aliphatic rings. The van der Waals surface area contributed by atoms with Crippen LogP contribution in [0.3, 0.4) is 0 Å². The number of rotatable bonds is 7. The number of benzene rings is 1. The summed E-state index contributed by atoms with van der Waals surface area (Å²) in [4.78, 5) is 51.6. The van der Waals surface area contributed by atoms with Gasteiger partial charge in [0.2, 0.25) is 5.54 Å². The lowest BCUT2D eigenvalue weighted by Crippen LogP contribution is -2.60. The molecular weight excluding hydrogens is 394 g/mol. The van der Waals surface area contributed by atoms with Gasteiger partial charge in [-0.15, -0.1) is 0 Å². The van der Waals surface area contributed by atoms with E-state index in [0.717, 1.165) is 19.8 Å². The maximum Gasteiger partial charge on any atom is 0.343 e. The summed E-state index contributed by atoms with van der Waals surface area (Å²) in [5.41, 5.74) is -1.73. The molecule has 1 heterocycles. The molecule has 0 aromatic heterocycles. The number of carbonyl (C=O) groups excluding carboxylic acids is 4. The predicted molar refractivity (Wildman–Crippen MR) is 104 cm³/mol.